The summed E-state index contributed by atoms with van der Waals surface area (Å²) in [6.45, 7) is 2.54. The lowest BCUT2D eigenvalue weighted by molar-refractivity contribution is -0.268. The second-order valence-electron chi connectivity index (χ2n) is 1.90. The molecule has 0 heterocycles. The Bertz CT molecular complexity index is 191. The zero-order valence-corrected chi connectivity index (χ0v) is 5.83. The van der Waals surface area contributed by atoms with E-state index >= 15 is 0 Å². The van der Waals surface area contributed by atoms with E-state index in [1.165, 1.54) is 12.1 Å². The van der Waals surface area contributed by atoms with Gasteiger partial charge in [-0.15, -0.1) is 5.75 Å². The molecule has 0 saturated carbocycles. The van der Waals surface area contributed by atoms with Crippen LogP contribution in [-0.4, -0.2) is 6.61 Å². The minimum atomic E-state index is 0.0171. The average Bonchev–Trinajstić information content (AvgIpc) is 1.95. The van der Waals surface area contributed by atoms with Crippen LogP contribution in [0.15, 0.2) is 24.3 Å². The number of hydrogen-bond acceptors (Lipinski definition) is 2. The predicted octanol–water partition coefficient (Wildman–Crippen LogP) is 1.16. The van der Waals surface area contributed by atoms with Gasteiger partial charge in [0.25, 0.3) is 0 Å². The van der Waals surface area contributed by atoms with Crippen molar-refractivity contribution in [2.24, 2.45) is 0 Å². The molecule has 54 valence electrons. The van der Waals surface area contributed by atoms with Gasteiger partial charge in [0.2, 0.25) is 0 Å². The normalized spacial score (nSPS) is 9.30. The molecule has 10 heavy (non-hydrogen) atoms. The Morgan fingerprint density at radius 2 is 1.90 bits per heavy atom. The van der Waals surface area contributed by atoms with Crippen LogP contribution in [-0.2, 0) is 0 Å². The SMILES string of the molecule is CCOc1ccc([O-])cc1. The predicted molar refractivity (Wildman–Crippen MR) is 37.1 cm³/mol. The maximum atomic E-state index is 10.6. The van der Waals surface area contributed by atoms with Gasteiger partial charge in [-0.1, -0.05) is 12.1 Å². The first kappa shape index (κ1) is 6.93. The molecular weight excluding hydrogens is 128 g/mol. The van der Waals surface area contributed by atoms with Crippen molar-refractivity contribution in [3.8, 4) is 11.5 Å². The van der Waals surface area contributed by atoms with Gasteiger partial charge in [-0.2, -0.15) is 0 Å². The summed E-state index contributed by atoms with van der Waals surface area (Å²) in [5.74, 6) is 0.769. The molecule has 0 unspecified atom stereocenters. The van der Waals surface area contributed by atoms with E-state index in [1.807, 2.05) is 6.92 Å². The summed E-state index contributed by atoms with van der Waals surface area (Å²) in [5.41, 5.74) is 0. The van der Waals surface area contributed by atoms with Crippen LogP contribution in [0.4, 0.5) is 0 Å². The zero-order valence-electron chi connectivity index (χ0n) is 5.83. The van der Waals surface area contributed by atoms with Crippen LogP contribution in [0.5, 0.6) is 11.5 Å². The Balaban J connectivity index is 2.69. The van der Waals surface area contributed by atoms with Crippen LogP contribution in [0, 0.1) is 0 Å². The molecule has 0 spiro atoms. The minimum Gasteiger partial charge on any atom is -0.872 e. The molecule has 1 rings (SSSR count). The lowest BCUT2D eigenvalue weighted by atomic mass is 10.3. The Labute approximate surface area is 60.1 Å². The lowest BCUT2D eigenvalue weighted by Gasteiger charge is -2.06. The second kappa shape index (κ2) is 3.11. The second-order valence-corrected chi connectivity index (χ2v) is 1.90. The van der Waals surface area contributed by atoms with Crippen LogP contribution in [0.2, 0.25) is 0 Å². The largest absolute Gasteiger partial charge is 0.872 e. The Kier molecular flexibility index (Phi) is 2.15. The van der Waals surface area contributed by atoms with Crippen LogP contribution in [0.1, 0.15) is 6.92 Å². The van der Waals surface area contributed by atoms with Crippen LogP contribution in [0.3, 0.4) is 0 Å². The van der Waals surface area contributed by atoms with E-state index in [-0.39, 0.29) is 5.75 Å². The summed E-state index contributed by atoms with van der Waals surface area (Å²) >= 11 is 0. The molecular formula is C8H9O2-. The third-order valence-electron chi connectivity index (χ3n) is 1.13. The fraction of sp³-hybridized carbons (Fsp3) is 0.250. The molecule has 0 aromatic heterocycles. The summed E-state index contributed by atoms with van der Waals surface area (Å²) in [7, 11) is 0. The Morgan fingerprint density at radius 1 is 1.30 bits per heavy atom. The first-order valence-electron chi connectivity index (χ1n) is 3.23. The third-order valence-corrected chi connectivity index (χ3v) is 1.13. The van der Waals surface area contributed by atoms with Gasteiger partial charge >= 0.3 is 0 Å². The first-order valence-corrected chi connectivity index (χ1v) is 3.23. The number of benzene rings is 1. The minimum absolute atomic E-state index is 0.0171. The topological polar surface area (TPSA) is 32.3 Å². The summed E-state index contributed by atoms with van der Waals surface area (Å²) < 4.78 is 5.12. The number of ether oxygens (including phenoxy) is 1. The molecule has 2 nitrogen and oxygen atoms in total. The van der Waals surface area contributed by atoms with E-state index in [9.17, 15) is 5.11 Å². The van der Waals surface area contributed by atoms with Crippen LogP contribution >= 0.6 is 0 Å². The molecule has 1 aromatic carbocycles. The van der Waals surface area contributed by atoms with Gasteiger partial charge in [0.1, 0.15) is 5.75 Å². The summed E-state index contributed by atoms with van der Waals surface area (Å²) in [4.78, 5) is 0. The summed E-state index contributed by atoms with van der Waals surface area (Å²) in [5, 5.41) is 10.6. The van der Waals surface area contributed by atoms with Gasteiger partial charge in [0.15, 0.2) is 0 Å². The number of hydrogen-bond donors (Lipinski definition) is 0. The monoisotopic (exact) mass is 137 g/mol. The van der Waals surface area contributed by atoms with Crippen LogP contribution < -0.4 is 9.84 Å². The summed E-state index contributed by atoms with van der Waals surface area (Å²) in [6.07, 6.45) is 0. The van der Waals surface area contributed by atoms with E-state index in [1.54, 1.807) is 12.1 Å². The molecule has 0 aliphatic rings. The van der Waals surface area contributed by atoms with Gasteiger partial charge in [-0.3, -0.25) is 0 Å². The van der Waals surface area contributed by atoms with Gasteiger partial charge < -0.3 is 9.84 Å². The Morgan fingerprint density at radius 3 is 2.40 bits per heavy atom. The molecule has 0 fully saturated rings. The standard InChI is InChI=1S/C8H10O2/c1-2-10-8-5-3-7(9)4-6-8/h3-6,9H,2H2,1H3/p-1. The highest BCUT2D eigenvalue weighted by Gasteiger charge is 1.85. The molecule has 1 aromatic rings. The quantitative estimate of drug-likeness (QED) is 0.612. The molecule has 0 radical (unpaired) electrons. The molecule has 2 heteroatoms. The highest BCUT2D eigenvalue weighted by molar-refractivity contribution is 5.29. The fourth-order valence-corrected chi connectivity index (χ4v) is 0.703. The van der Waals surface area contributed by atoms with Crippen LogP contribution in [0.25, 0.3) is 0 Å². The van der Waals surface area contributed by atoms with Crippen molar-refractivity contribution in [3.63, 3.8) is 0 Å². The molecule has 0 atom stereocenters. The zero-order chi connectivity index (χ0) is 7.40. The molecule has 0 saturated heterocycles. The van der Waals surface area contributed by atoms with Gasteiger partial charge in [0, 0.05) is 0 Å². The Hall–Kier alpha value is -1.18. The fourth-order valence-electron chi connectivity index (χ4n) is 0.703. The molecule has 0 aliphatic carbocycles. The molecule has 0 N–H and O–H groups in total. The van der Waals surface area contributed by atoms with E-state index < -0.39 is 0 Å². The smallest absolute Gasteiger partial charge is 0.119 e. The van der Waals surface area contributed by atoms with Crippen molar-refractivity contribution >= 4 is 0 Å². The maximum absolute atomic E-state index is 10.6. The lowest BCUT2D eigenvalue weighted by Crippen LogP contribution is -1.92. The van der Waals surface area contributed by atoms with Crippen molar-refractivity contribution in [1.82, 2.24) is 0 Å². The maximum Gasteiger partial charge on any atom is 0.119 e. The highest BCUT2D eigenvalue weighted by atomic mass is 16.5. The van der Waals surface area contributed by atoms with Crippen molar-refractivity contribution in [2.75, 3.05) is 6.61 Å². The van der Waals surface area contributed by atoms with Crippen molar-refractivity contribution in [3.05, 3.63) is 24.3 Å². The van der Waals surface area contributed by atoms with Crippen molar-refractivity contribution in [1.29, 1.82) is 0 Å². The molecule has 0 bridgehead atoms. The van der Waals surface area contributed by atoms with Gasteiger partial charge in [0.05, 0.1) is 6.61 Å². The van der Waals surface area contributed by atoms with E-state index in [0.717, 1.165) is 5.75 Å². The van der Waals surface area contributed by atoms with E-state index in [4.69, 9.17) is 4.74 Å². The molecule has 0 aliphatic heterocycles. The molecule has 0 amide bonds. The average molecular weight is 137 g/mol. The first-order chi connectivity index (χ1) is 4.83. The summed E-state index contributed by atoms with van der Waals surface area (Å²) in [6, 6.07) is 6.33. The third kappa shape index (κ3) is 1.65. The number of rotatable bonds is 2. The van der Waals surface area contributed by atoms with E-state index in [0.29, 0.717) is 6.61 Å². The van der Waals surface area contributed by atoms with Crippen molar-refractivity contribution in [2.45, 2.75) is 6.92 Å². The van der Waals surface area contributed by atoms with Gasteiger partial charge in [-0.25, -0.2) is 0 Å². The van der Waals surface area contributed by atoms with Crippen molar-refractivity contribution < 1.29 is 9.84 Å². The highest BCUT2D eigenvalue weighted by Crippen LogP contribution is 2.13. The van der Waals surface area contributed by atoms with Gasteiger partial charge in [-0.05, 0) is 19.1 Å². The van der Waals surface area contributed by atoms with E-state index in [2.05, 4.69) is 0 Å².